The van der Waals surface area contributed by atoms with Crippen LogP contribution >= 0.6 is 11.3 Å². The van der Waals surface area contributed by atoms with E-state index in [0.717, 1.165) is 12.8 Å². The van der Waals surface area contributed by atoms with Crippen LogP contribution in [0.4, 0.5) is 5.13 Å². The lowest BCUT2D eigenvalue weighted by Gasteiger charge is -2.25. The topological polar surface area (TPSA) is 102 Å². The predicted octanol–water partition coefficient (Wildman–Crippen LogP) is 5.41. The highest BCUT2D eigenvalue weighted by molar-refractivity contribution is 7.13. The fourth-order valence-corrected chi connectivity index (χ4v) is 4.45. The number of rotatable bonds is 10. The normalized spacial score (nSPS) is 15.8. The molecule has 3 aromatic rings. The van der Waals surface area contributed by atoms with Crippen LogP contribution in [0.2, 0.25) is 0 Å². The van der Waals surface area contributed by atoms with E-state index in [1.54, 1.807) is 42.8 Å². The average Bonchev–Trinajstić information content (AvgIpc) is 3.56. The van der Waals surface area contributed by atoms with Crippen LogP contribution in [-0.2, 0) is 4.79 Å². The van der Waals surface area contributed by atoms with E-state index in [9.17, 15) is 14.7 Å². The highest BCUT2D eigenvalue weighted by Gasteiger charge is 2.46. The van der Waals surface area contributed by atoms with Gasteiger partial charge in [-0.05, 0) is 50.1 Å². The molecule has 178 valence electrons. The number of benzene rings is 1. The maximum Gasteiger partial charge on any atom is 0.296 e. The van der Waals surface area contributed by atoms with Crippen molar-refractivity contribution in [1.29, 1.82) is 0 Å². The molecule has 34 heavy (non-hydrogen) atoms. The Balaban J connectivity index is 1.81. The summed E-state index contributed by atoms with van der Waals surface area (Å²) in [6, 6.07) is 7.53. The van der Waals surface area contributed by atoms with Crippen molar-refractivity contribution < 1.29 is 28.6 Å². The molecule has 0 saturated carbocycles. The number of carbonyl (C=O) groups is 2. The lowest BCUT2D eigenvalue weighted by Crippen LogP contribution is -2.31. The number of anilines is 1. The van der Waals surface area contributed by atoms with Crippen LogP contribution < -0.4 is 14.4 Å². The summed E-state index contributed by atoms with van der Waals surface area (Å²) in [5, 5.41) is 12.9. The molecule has 1 atom stereocenters. The third-order valence-corrected chi connectivity index (χ3v) is 6.15. The Hall–Kier alpha value is -3.59. The van der Waals surface area contributed by atoms with E-state index in [4.69, 9.17) is 13.9 Å². The van der Waals surface area contributed by atoms with Crippen molar-refractivity contribution in [3.63, 3.8) is 0 Å². The monoisotopic (exact) mass is 482 g/mol. The molecule has 1 aliphatic rings. The summed E-state index contributed by atoms with van der Waals surface area (Å²) < 4.78 is 17.2. The van der Waals surface area contributed by atoms with Crippen molar-refractivity contribution >= 4 is 28.2 Å². The number of nitrogens with zero attached hydrogens (tertiary/aromatic N) is 2. The Morgan fingerprint density at radius 1 is 1.21 bits per heavy atom. The molecule has 1 unspecified atom stereocenters. The first-order valence-electron chi connectivity index (χ1n) is 11.1. The van der Waals surface area contributed by atoms with Crippen LogP contribution in [0, 0.1) is 6.92 Å². The second kappa shape index (κ2) is 10.1. The second-order valence-electron chi connectivity index (χ2n) is 7.74. The number of aliphatic hydroxyl groups is 1. The summed E-state index contributed by atoms with van der Waals surface area (Å²) >= 11 is 1.23. The zero-order valence-corrected chi connectivity index (χ0v) is 20.1. The summed E-state index contributed by atoms with van der Waals surface area (Å²) in [6.07, 6.45) is 3.46. The molecule has 4 rings (SSSR count). The van der Waals surface area contributed by atoms with Crippen LogP contribution in [0.15, 0.2) is 57.7 Å². The minimum atomic E-state index is -0.916. The van der Waals surface area contributed by atoms with Gasteiger partial charge in [0.1, 0.15) is 5.76 Å². The van der Waals surface area contributed by atoms with Gasteiger partial charge >= 0.3 is 0 Å². The molecule has 1 aromatic carbocycles. The third-order valence-electron chi connectivity index (χ3n) is 5.38. The lowest BCUT2D eigenvalue weighted by molar-refractivity contribution is -0.117. The molecule has 0 bridgehead atoms. The minimum absolute atomic E-state index is 0.0439. The van der Waals surface area contributed by atoms with Gasteiger partial charge in [-0.3, -0.25) is 14.5 Å². The first kappa shape index (κ1) is 23.6. The molecule has 9 heteroatoms. The summed E-state index contributed by atoms with van der Waals surface area (Å²) in [5.74, 6) is -0.227. The van der Waals surface area contributed by atoms with E-state index in [1.807, 2.05) is 6.92 Å². The first-order valence-corrected chi connectivity index (χ1v) is 12.0. The number of unbranched alkanes of at least 4 members (excludes halogenated alkanes) is 1. The maximum absolute atomic E-state index is 13.4. The first-order chi connectivity index (χ1) is 16.5. The van der Waals surface area contributed by atoms with E-state index in [0.29, 0.717) is 41.2 Å². The fraction of sp³-hybridized carbons (Fsp3) is 0.320. The molecule has 0 saturated heterocycles. The van der Waals surface area contributed by atoms with Crippen molar-refractivity contribution in [2.24, 2.45) is 0 Å². The molecule has 3 heterocycles. The van der Waals surface area contributed by atoms with Gasteiger partial charge in [0.05, 0.1) is 24.8 Å². The summed E-state index contributed by atoms with van der Waals surface area (Å²) in [4.78, 5) is 32.1. The number of carbonyl (C=O) groups excluding carboxylic acids is 2. The Morgan fingerprint density at radius 3 is 2.68 bits per heavy atom. The standard InChI is InChI=1S/C25H26N2O6S/c1-4-6-12-32-17-10-8-16(14-19(17)31-5-2)21-20(22(28)18-9-7-15(3)33-18)23(29)24(30)27(21)25-26-11-13-34-25/h7-11,13-14,21,29H,4-6,12H2,1-3H3. The number of Topliss-reactive ketones (excluding diaryl/α,β-unsaturated/α-hetero) is 1. The van der Waals surface area contributed by atoms with E-state index >= 15 is 0 Å². The van der Waals surface area contributed by atoms with E-state index < -0.39 is 23.5 Å². The Labute approximate surface area is 201 Å². The molecular formula is C25H26N2O6S. The zero-order chi connectivity index (χ0) is 24.2. The molecule has 1 amide bonds. The number of ketones is 1. The lowest BCUT2D eigenvalue weighted by atomic mass is 9.95. The molecule has 0 fully saturated rings. The molecule has 1 N–H and O–H groups in total. The SMILES string of the molecule is CCCCOc1ccc(C2C(C(=O)c3ccc(C)o3)=C(O)C(=O)N2c2nccs2)cc1OCC. The van der Waals surface area contributed by atoms with Gasteiger partial charge in [-0.25, -0.2) is 4.98 Å². The number of aromatic nitrogens is 1. The highest BCUT2D eigenvalue weighted by Crippen LogP contribution is 2.44. The minimum Gasteiger partial charge on any atom is -0.503 e. The van der Waals surface area contributed by atoms with Gasteiger partial charge in [0.25, 0.3) is 5.91 Å². The van der Waals surface area contributed by atoms with Crippen LogP contribution in [0.5, 0.6) is 11.5 Å². The second-order valence-corrected chi connectivity index (χ2v) is 8.61. The van der Waals surface area contributed by atoms with Crippen LogP contribution in [0.25, 0.3) is 0 Å². The van der Waals surface area contributed by atoms with Crippen molar-refractivity contribution in [3.8, 4) is 11.5 Å². The summed E-state index contributed by atoms with van der Waals surface area (Å²) in [5.41, 5.74) is 0.502. The molecule has 2 aromatic heterocycles. The number of amides is 1. The quantitative estimate of drug-likeness (QED) is 0.305. The van der Waals surface area contributed by atoms with Gasteiger partial charge < -0.3 is 19.0 Å². The van der Waals surface area contributed by atoms with E-state index in [-0.39, 0.29) is 11.3 Å². The number of aliphatic hydroxyl groups excluding tert-OH is 1. The van der Waals surface area contributed by atoms with Gasteiger partial charge in [-0.15, -0.1) is 11.3 Å². The smallest absolute Gasteiger partial charge is 0.296 e. The summed E-state index contributed by atoms with van der Waals surface area (Å²) in [7, 11) is 0. The van der Waals surface area contributed by atoms with Crippen molar-refractivity contribution in [1.82, 2.24) is 4.98 Å². The molecule has 8 nitrogen and oxygen atoms in total. The molecule has 0 spiro atoms. The number of hydrogen-bond acceptors (Lipinski definition) is 8. The number of aryl methyl sites for hydroxylation is 1. The maximum atomic E-state index is 13.4. The van der Waals surface area contributed by atoms with Crippen LogP contribution in [0.3, 0.4) is 0 Å². The largest absolute Gasteiger partial charge is 0.503 e. The van der Waals surface area contributed by atoms with Crippen molar-refractivity contribution in [3.05, 3.63) is 70.3 Å². The van der Waals surface area contributed by atoms with Crippen LogP contribution in [0.1, 0.15) is 54.6 Å². The van der Waals surface area contributed by atoms with Crippen molar-refractivity contribution in [2.45, 2.75) is 39.7 Å². The Kier molecular flexibility index (Phi) is 7.02. The van der Waals surface area contributed by atoms with Gasteiger partial charge in [0.2, 0.25) is 5.78 Å². The highest BCUT2D eigenvalue weighted by atomic mass is 32.1. The van der Waals surface area contributed by atoms with E-state index in [1.165, 1.54) is 22.3 Å². The van der Waals surface area contributed by atoms with Crippen molar-refractivity contribution in [2.75, 3.05) is 18.1 Å². The molecular weight excluding hydrogens is 456 g/mol. The number of furan rings is 1. The molecule has 0 aliphatic carbocycles. The predicted molar refractivity (Wildman–Crippen MR) is 128 cm³/mol. The van der Waals surface area contributed by atoms with Gasteiger partial charge in [0, 0.05) is 11.6 Å². The average molecular weight is 483 g/mol. The van der Waals surface area contributed by atoms with E-state index in [2.05, 4.69) is 11.9 Å². The number of thiazole rings is 1. The van der Waals surface area contributed by atoms with Gasteiger partial charge in [-0.2, -0.15) is 0 Å². The van der Waals surface area contributed by atoms with Crippen LogP contribution in [-0.4, -0.2) is 35.0 Å². The van der Waals surface area contributed by atoms with Gasteiger partial charge in [-0.1, -0.05) is 19.4 Å². The van der Waals surface area contributed by atoms with Gasteiger partial charge in [0.15, 0.2) is 28.1 Å². The fourth-order valence-electron chi connectivity index (χ4n) is 3.78. The zero-order valence-electron chi connectivity index (χ0n) is 19.2. The third kappa shape index (κ3) is 4.43. The molecule has 0 radical (unpaired) electrons. The number of hydrogen-bond donors (Lipinski definition) is 1. The Morgan fingerprint density at radius 2 is 2.03 bits per heavy atom. The molecule has 1 aliphatic heterocycles. The summed E-state index contributed by atoms with van der Waals surface area (Å²) in [6.45, 7) is 6.62. The Bertz CT molecular complexity index is 1210. The number of ether oxygens (including phenoxy) is 2.